The molecule has 6 nitrogen and oxygen atoms in total. The molecule has 0 aliphatic heterocycles. The quantitative estimate of drug-likeness (QED) is 0.863. The molecule has 2 N–H and O–H groups in total. The van der Waals surface area contributed by atoms with Crippen molar-refractivity contribution < 1.29 is 4.42 Å². The van der Waals surface area contributed by atoms with E-state index in [0.717, 1.165) is 17.4 Å². The predicted octanol–water partition coefficient (Wildman–Crippen LogP) is 2.30. The van der Waals surface area contributed by atoms with E-state index in [-0.39, 0.29) is 6.04 Å². The SMILES string of the molecule is CNc1cc(NC(C)c2ncc(C)o2)nc(C)n1. The highest BCUT2D eigenvalue weighted by Gasteiger charge is 2.12. The topological polar surface area (TPSA) is 75.9 Å². The summed E-state index contributed by atoms with van der Waals surface area (Å²) in [7, 11) is 1.83. The fourth-order valence-electron chi connectivity index (χ4n) is 1.63. The van der Waals surface area contributed by atoms with E-state index >= 15 is 0 Å². The maximum Gasteiger partial charge on any atom is 0.216 e. The number of aromatic nitrogens is 3. The lowest BCUT2D eigenvalue weighted by atomic mass is 10.3. The van der Waals surface area contributed by atoms with Gasteiger partial charge in [-0.3, -0.25) is 0 Å². The van der Waals surface area contributed by atoms with Crippen molar-refractivity contribution in [2.45, 2.75) is 26.8 Å². The van der Waals surface area contributed by atoms with Gasteiger partial charge >= 0.3 is 0 Å². The number of oxazole rings is 1. The van der Waals surface area contributed by atoms with Gasteiger partial charge in [-0.2, -0.15) is 0 Å². The number of rotatable bonds is 4. The molecule has 0 saturated heterocycles. The summed E-state index contributed by atoms with van der Waals surface area (Å²) in [6, 6.07) is 1.80. The van der Waals surface area contributed by atoms with Gasteiger partial charge in [0, 0.05) is 13.1 Å². The van der Waals surface area contributed by atoms with Crippen molar-refractivity contribution in [2.75, 3.05) is 17.7 Å². The molecular formula is C12H17N5O. The van der Waals surface area contributed by atoms with E-state index in [1.54, 1.807) is 6.20 Å². The van der Waals surface area contributed by atoms with Gasteiger partial charge < -0.3 is 15.1 Å². The molecule has 0 spiro atoms. The standard InChI is InChI=1S/C12H17N5O/c1-7-6-14-12(18-7)8(2)15-11-5-10(13-4)16-9(3)17-11/h5-6,8H,1-4H3,(H2,13,15,16,17). The molecule has 2 aromatic heterocycles. The number of hydrogen-bond donors (Lipinski definition) is 2. The summed E-state index contributed by atoms with van der Waals surface area (Å²) in [6.07, 6.45) is 1.71. The van der Waals surface area contributed by atoms with Gasteiger partial charge in [-0.05, 0) is 20.8 Å². The largest absolute Gasteiger partial charge is 0.444 e. The van der Waals surface area contributed by atoms with E-state index < -0.39 is 0 Å². The Labute approximate surface area is 106 Å². The molecular weight excluding hydrogens is 230 g/mol. The summed E-state index contributed by atoms with van der Waals surface area (Å²) < 4.78 is 5.47. The first kappa shape index (κ1) is 12.3. The van der Waals surface area contributed by atoms with E-state index in [1.807, 2.05) is 33.9 Å². The van der Waals surface area contributed by atoms with Gasteiger partial charge in [0.25, 0.3) is 0 Å². The zero-order valence-corrected chi connectivity index (χ0v) is 11.0. The summed E-state index contributed by atoms with van der Waals surface area (Å²) in [5.74, 6) is 3.68. The average Bonchev–Trinajstić information content (AvgIpc) is 2.75. The third kappa shape index (κ3) is 2.77. The number of hydrogen-bond acceptors (Lipinski definition) is 6. The van der Waals surface area contributed by atoms with Crippen LogP contribution in [0.2, 0.25) is 0 Å². The molecule has 0 bridgehead atoms. The summed E-state index contributed by atoms with van der Waals surface area (Å²) in [6.45, 7) is 5.70. The molecule has 0 saturated carbocycles. The number of nitrogens with zero attached hydrogens (tertiary/aromatic N) is 3. The molecule has 96 valence electrons. The number of nitrogens with one attached hydrogen (secondary N) is 2. The highest BCUT2D eigenvalue weighted by Crippen LogP contribution is 2.19. The highest BCUT2D eigenvalue weighted by molar-refractivity contribution is 5.47. The maximum atomic E-state index is 5.47. The molecule has 1 atom stereocenters. The van der Waals surface area contributed by atoms with Crippen molar-refractivity contribution in [2.24, 2.45) is 0 Å². The normalized spacial score (nSPS) is 12.2. The molecule has 0 amide bonds. The van der Waals surface area contributed by atoms with Crippen LogP contribution < -0.4 is 10.6 Å². The lowest BCUT2D eigenvalue weighted by molar-refractivity contribution is 0.453. The average molecular weight is 247 g/mol. The minimum absolute atomic E-state index is 0.0438. The van der Waals surface area contributed by atoms with Crippen LogP contribution in [-0.2, 0) is 0 Å². The molecule has 6 heteroatoms. The molecule has 2 aromatic rings. The summed E-state index contributed by atoms with van der Waals surface area (Å²) in [4.78, 5) is 12.7. The molecule has 0 fully saturated rings. The smallest absolute Gasteiger partial charge is 0.216 e. The Morgan fingerprint density at radius 1 is 1.22 bits per heavy atom. The third-order valence-corrected chi connectivity index (χ3v) is 2.47. The molecule has 2 heterocycles. The van der Waals surface area contributed by atoms with Gasteiger partial charge in [-0.25, -0.2) is 15.0 Å². The second kappa shape index (κ2) is 5.03. The van der Waals surface area contributed by atoms with Gasteiger partial charge in [-0.15, -0.1) is 0 Å². The van der Waals surface area contributed by atoms with Crippen LogP contribution in [0.25, 0.3) is 0 Å². The van der Waals surface area contributed by atoms with Gasteiger partial charge in [0.2, 0.25) is 5.89 Å². The van der Waals surface area contributed by atoms with Crippen LogP contribution in [-0.4, -0.2) is 22.0 Å². The predicted molar refractivity (Wildman–Crippen MR) is 69.6 cm³/mol. The van der Waals surface area contributed by atoms with Crippen LogP contribution in [0.1, 0.15) is 30.4 Å². The van der Waals surface area contributed by atoms with Crippen molar-refractivity contribution in [3.8, 4) is 0 Å². The first-order chi connectivity index (χ1) is 8.58. The van der Waals surface area contributed by atoms with E-state index in [4.69, 9.17) is 4.42 Å². The van der Waals surface area contributed by atoms with E-state index in [1.165, 1.54) is 0 Å². The Morgan fingerprint density at radius 2 is 1.94 bits per heavy atom. The first-order valence-electron chi connectivity index (χ1n) is 5.81. The third-order valence-electron chi connectivity index (χ3n) is 2.47. The van der Waals surface area contributed by atoms with Gasteiger partial charge in [0.1, 0.15) is 29.3 Å². The van der Waals surface area contributed by atoms with Crippen LogP contribution >= 0.6 is 0 Å². The minimum Gasteiger partial charge on any atom is -0.444 e. The lowest BCUT2D eigenvalue weighted by Gasteiger charge is -2.12. The highest BCUT2D eigenvalue weighted by atomic mass is 16.4. The number of anilines is 2. The molecule has 1 unspecified atom stereocenters. The molecule has 2 rings (SSSR count). The van der Waals surface area contributed by atoms with Crippen LogP contribution in [0.15, 0.2) is 16.7 Å². The Morgan fingerprint density at radius 3 is 2.56 bits per heavy atom. The fourth-order valence-corrected chi connectivity index (χ4v) is 1.63. The van der Waals surface area contributed by atoms with Crippen LogP contribution in [0, 0.1) is 13.8 Å². The molecule has 0 radical (unpaired) electrons. The summed E-state index contributed by atoms with van der Waals surface area (Å²) in [5, 5.41) is 6.23. The second-order valence-corrected chi connectivity index (χ2v) is 4.11. The Hall–Kier alpha value is -2.11. The lowest BCUT2D eigenvalue weighted by Crippen LogP contribution is -2.10. The molecule has 0 aliphatic rings. The minimum atomic E-state index is -0.0438. The molecule has 0 aliphatic carbocycles. The molecule has 0 aromatic carbocycles. The van der Waals surface area contributed by atoms with E-state index in [0.29, 0.717) is 11.7 Å². The van der Waals surface area contributed by atoms with E-state index in [9.17, 15) is 0 Å². The second-order valence-electron chi connectivity index (χ2n) is 4.11. The van der Waals surface area contributed by atoms with E-state index in [2.05, 4.69) is 25.6 Å². The zero-order valence-electron chi connectivity index (χ0n) is 11.0. The molecule has 18 heavy (non-hydrogen) atoms. The number of aryl methyl sites for hydroxylation is 2. The first-order valence-corrected chi connectivity index (χ1v) is 5.81. The van der Waals surface area contributed by atoms with Crippen molar-refractivity contribution in [1.29, 1.82) is 0 Å². The van der Waals surface area contributed by atoms with Crippen LogP contribution in [0.4, 0.5) is 11.6 Å². The Kier molecular flexibility index (Phi) is 3.45. The van der Waals surface area contributed by atoms with Crippen LogP contribution in [0.3, 0.4) is 0 Å². The summed E-state index contributed by atoms with van der Waals surface area (Å²) >= 11 is 0. The van der Waals surface area contributed by atoms with Gasteiger partial charge in [0.15, 0.2) is 0 Å². The van der Waals surface area contributed by atoms with Gasteiger partial charge in [0.05, 0.1) is 6.20 Å². The van der Waals surface area contributed by atoms with Crippen molar-refractivity contribution in [3.63, 3.8) is 0 Å². The maximum absolute atomic E-state index is 5.47. The summed E-state index contributed by atoms with van der Waals surface area (Å²) in [5.41, 5.74) is 0. The monoisotopic (exact) mass is 247 g/mol. The Balaban J connectivity index is 2.16. The van der Waals surface area contributed by atoms with Crippen molar-refractivity contribution in [3.05, 3.63) is 29.7 Å². The van der Waals surface area contributed by atoms with Crippen molar-refractivity contribution >= 4 is 11.6 Å². The zero-order chi connectivity index (χ0) is 13.1. The van der Waals surface area contributed by atoms with Crippen LogP contribution in [0.5, 0.6) is 0 Å². The van der Waals surface area contributed by atoms with Gasteiger partial charge in [-0.1, -0.05) is 0 Å². The fraction of sp³-hybridized carbons (Fsp3) is 0.417. The Bertz CT molecular complexity index is 537. The van der Waals surface area contributed by atoms with Crippen molar-refractivity contribution in [1.82, 2.24) is 15.0 Å².